The molecule has 1 amide bonds. The minimum Gasteiger partial charge on any atom is -0.450 e. The van der Waals surface area contributed by atoms with Crippen molar-refractivity contribution in [2.24, 2.45) is 0 Å². The third-order valence-electron chi connectivity index (χ3n) is 2.36. The Morgan fingerprint density at radius 2 is 2.10 bits per heavy atom. The number of carbonyl (C=O) groups excluding carboxylic acids is 1. The number of rotatable bonds is 4. The number of carbonyl (C=O) groups is 1. The normalized spacial score (nSPS) is 10.0. The molecule has 0 radical (unpaired) electrons. The van der Waals surface area contributed by atoms with Gasteiger partial charge in [-0.3, -0.25) is 5.32 Å². The van der Waals surface area contributed by atoms with E-state index in [1.165, 1.54) is 24.5 Å². The number of anilines is 3. The minimum atomic E-state index is -0.640. The van der Waals surface area contributed by atoms with E-state index in [1.807, 2.05) is 0 Å². The Kier molecular flexibility index (Phi) is 4.89. The molecule has 0 aliphatic heterocycles. The standard InChI is InChI=1S/C13H12ClFN4O2/c1-2-21-13(20)18-9-3-4-11(10(15)5-9)19-12-16-6-8(14)7-17-12/h3-7H,2H2,1H3,(H,18,20)(H,16,17,19). The minimum absolute atomic E-state index is 0.173. The van der Waals surface area contributed by atoms with Gasteiger partial charge < -0.3 is 10.1 Å². The fourth-order valence-corrected chi connectivity index (χ4v) is 1.57. The van der Waals surface area contributed by atoms with E-state index in [4.69, 9.17) is 16.3 Å². The number of amides is 1. The summed E-state index contributed by atoms with van der Waals surface area (Å²) in [5.74, 6) is -0.354. The number of halogens is 2. The van der Waals surface area contributed by atoms with E-state index in [0.717, 1.165) is 6.07 Å². The molecule has 0 bridgehead atoms. The van der Waals surface area contributed by atoms with Crippen LogP contribution in [0.4, 0.5) is 26.5 Å². The molecule has 0 saturated carbocycles. The highest BCUT2D eigenvalue weighted by molar-refractivity contribution is 6.30. The number of aromatic nitrogens is 2. The summed E-state index contributed by atoms with van der Waals surface area (Å²) in [7, 11) is 0. The van der Waals surface area contributed by atoms with Crippen LogP contribution >= 0.6 is 11.6 Å². The van der Waals surface area contributed by atoms with Crippen LogP contribution in [0.1, 0.15) is 6.92 Å². The van der Waals surface area contributed by atoms with Gasteiger partial charge in [0, 0.05) is 5.69 Å². The molecular weight excluding hydrogens is 299 g/mol. The highest BCUT2D eigenvalue weighted by Gasteiger charge is 2.08. The fraction of sp³-hybridized carbons (Fsp3) is 0.154. The van der Waals surface area contributed by atoms with Gasteiger partial charge in [-0.15, -0.1) is 0 Å². The first-order valence-corrected chi connectivity index (χ1v) is 6.44. The second-order valence-electron chi connectivity index (χ2n) is 3.89. The molecule has 0 aliphatic carbocycles. The maximum absolute atomic E-state index is 13.9. The number of hydrogen-bond donors (Lipinski definition) is 2. The van der Waals surface area contributed by atoms with E-state index < -0.39 is 11.9 Å². The maximum atomic E-state index is 13.9. The summed E-state index contributed by atoms with van der Waals surface area (Å²) < 4.78 is 18.6. The lowest BCUT2D eigenvalue weighted by Gasteiger charge is -2.09. The third kappa shape index (κ3) is 4.28. The van der Waals surface area contributed by atoms with Crippen molar-refractivity contribution in [3.05, 3.63) is 41.4 Å². The van der Waals surface area contributed by atoms with Gasteiger partial charge in [-0.25, -0.2) is 19.2 Å². The van der Waals surface area contributed by atoms with Crippen LogP contribution in [0.5, 0.6) is 0 Å². The number of nitrogens with zero attached hydrogens (tertiary/aromatic N) is 2. The summed E-state index contributed by atoms with van der Waals surface area (Å²) in [6.45, 7) is 1.92. The summed E-state index contributed by atoms with van der Waals surface area (Å²) >= 11 is 5.66. The zero-order valence-corrected chi connectivity index (χ0v) is 11.8. The van der Waals surface area contributed by atoms with Gasteiger partial charge in [0.2, 0.25) is 5.95 Å². The van der Waals surface area contributed by atoms with E-state index in [0.29, 0.717) is 5.02 Å². The smallest absolute Gasteiger partial charge is 0.411 e. The van der Waals surface area contributed by atoms with Gasteiger partial charge >= 0.3 is 6.09 Å². The van der Waals surface area contributed by atoms with Gasteiger partial charge in [0.25, 0.3) is 0 Å². The molecule has 2 aromatic rings. The van der Waals surface area contributed by atoms with Crippen molar-refractivity contribution in [1.29, 1.82) is 0 Å². The number of nitrogens with one attached hydrogen (secondary N) is 2. The molecular formula is C13H12ClFN4O2. The molecule has 6 nitrogen and oxygen atoms in total. The van der Waals surface area contributed by atoms with E-state index >= 15 is 0 Å². The van der Waals surface area contributed by atoms with Crippen LogP contribution < -0.4 is 10.6 Å². The molecule has 21 heavy (non-hydrogen) atoms. The second kappa shape index (κ2) is 6.85. The maximum Gasteiger partial charge on any atom is 0.411 e. The summed E-state index contributed by atoms with van der Waals surface area (Å²) in [5.41, 5.74) is 0.459. The monoisotopic (exact) mass is 310 g/mol. The van der Waals surface area contributed by atoms with E-state index in [9.17, 15) is 9.18 Å². The average molecular weight is 311 g/mol. The lowest BCUT2D eigenvalue weighted by atomic mass is 10.2. The molecule has 0 aliphatic rings. The Morgan fingerprint density at radius 3 is 2.71 bits per heavy atom. The Bertz CT molecular complexity index is 637. The summed E-state index contributed by atoms with van der Waals surface area (Å²) in [4.78, 5) is 19.0. The van der Waals surface area contributed by atoms with Gasteiger partial charge in [-0.1, -0.05) is 11.6 Å². The Hall–Kier alpha value is -2.41. The average Bonchev–Trinajstić information content (AvgIpc) is 2.44. The number of benzene rings is 1. The van der Waals surface area contributed by atoms with Crippen LogP contribution in [0.2, 0.25) is 5.02 Å². The first kappa shape index (κ1) is 15.0. The molecule has 0 saturated heterocycles. The summed E-state index contributed by atoms with van der Waals surface area (Å²) in [5, 5.41) is 5.49. The Morgan fingerprint density at radius 1 is 1.38 bits per heavy atom. The van der Waals surface area contributed by atoms with Gasteiger partial charge in [0.15, 0.2) is 0 Å². The van der Waals surface area contributed by atoms with Crippen LogP contribution in [0.15, 0.2) is 30.6 Å². The SMILES string of the molecule is CCOC(=O)Nc1ccc(Nc2ncc(Cl)cn2)c(F)c1. The molecule has 0 unspecified atom stereocenters. The molecule has 1 aromatic heterocycles. The van der Waals surface area contributed by atoms with Crippen molar-refractivity contribution in [3.63, 3.8) is 0 Å². The van der Waals surface area contributed by atoms with Crippen LogP contribution in [-0.2, 0) is 4.74 Å². The molecule has 1 aromatic carbocycles. The predicted molar refractivity (Wildman–Crippen MR) is 77.4 cm³/mol. The largest absolute Gasteiger partial charge is 0.450 e. The van der Waals surface area contributed by atoms with Gasteiger partial charge in [0.05, 0.1) is 29.7 Å². The Labute approximate surface area is 125 Å². The van der Waals surface area contributed by atoms with Crippen LogP contribution in [-0.4, -0.2) is 22.7 Å². The quantitative estimate of drug-likeness (QED) is 0.902. The molecule has 1 heterocycles. The van der Waals surface area contributed by atoms with Crippen LogP contribution in [0.25, 0.3) is 0 Å². The fourth-order valence-electron chi connectivity index (χ4n) is 1.48. The van der Waals surface area contributed by atoms with Crippen molar-refractivity contribution in [2.75, 3.05) is 17.2 Å². The van der Waals surface area contributed by atoms with Crippen molar-refractivity contribution < 1.29 is 13.9 Å². The lowest BCUT2D eigenvalue weighted by Crippen LogP contribution is -2.13. The first-order chi connectivity index (χ1) is 10.1. The zero-order valence-electron chi connectivity index (χ0n) is 11.1. The topological polar surface area (TPSA) is 76.1 Å². The third-order valence-corrected chi connectivity index (χ3v) is 2.55. The molecule has 0 fully saturated rings. The van der Waals surface area contributed by atoms with E-state index in [-0.39, 0.29) is 23.9 Å². The van der Waals surface area contributed by atoms with E-state index in [1.54, 1.807) is 6.92 Å². The van der Waals surface area contributed by atoms with Gasteiger partial charge in [-0.05, 0) is 25.1 Å². The van der Waals surface area contributed by atoms with Crippen molar-refractivity contribution in [1.82, 2.24) is 9.97 Å². The highest BCUT2D eigenvalue weighted by atomic mass is 35.5. The zero-order chi connectivity index (χ0) is 15.2. The van der Waals surface area contributed by atoms with Crippen LogP contribution in [0, 0.1) is 5.82 Å². The first-order valence-electron chi connectivity index (χ1n) is 6.06. The number of hydrogen-bond acceptors (Lipinski definition) is 5. The molecule has 2 rings (SSSR count). The van der Waals surface area contributed by atoms with Gasteiger partial charge in [-0.2, -0.15) is 0 Å². The van der Waals surface area contributed by atoms with Crippen molar-refractivity contribution in [2.45, 2.75) is 6.92 Å². The highest BCUT2D eigenvalue weighted by Crippen LogP contribution is 2.21. The molecule has 0 atom stereocenters. The van der Waals surface area contributed by atoms with Crippen molar-refractivity contribution >= 4 is 35.0 Å². The van der Waals surface area contributed by atoms with Crippen molar-refractivity contribution in [3.8, 4) is 0 Å². The van der Waals surface area contributed by atoms with Gasteiger partial charge in [0.1, 0.15) is 5.82 Å². The second-order valence-corrected chi connectivity index (χ2v) is 4.33. The Balaban J connectivity index is 2.08. The molecule has 2 N–H and O–H groups in total. The number of ether oxygens (including phenoxy) is 1. The molecule has 8 heteroatoms. The summed E-state index contributed by atoms with van der Waals surface area (Å²) in [6.07, 6.45) is 2.15. The predicted octanol–water partition coefficient (Wildman–Crippen LogP) is 3.58. The van der Waals surface area contributed by atoms with Crippen LogP contribution in [0.3, 0.4) is 0 Å². The molecule has 0 spiro atoms. The lowest BCUT2D eigenvalue weighted by molar-refractivity contribution is 0.168. The van der Waals surface area contributed by atoms with E-state index in [2.05, 4.69) is 20.6 Å². The molecule has 110 valence electrons. The summed E-state index contributed by atoms with van der Waals surface area (Å²) in [6, 6.07) is 4.14.